The number of rotatable bonds is 1. The van der Waals surface area contributed by atoms with Crippen LogP contribution in [0.25, 0.3) is 31.7 Å². The topological polar surface area (TPSA) is 25.8 Å². The molecule has 0 amide bonds. The van der Waals surface area contributed by atoms with Crippen molar-refractivity contribution in [3.05, 3.63) is 59.5 Å². The molecule has 2 aromatic heterocycles. The van der Waals surface area contributed by atoms with Gasteiger partial charge in [0.15, 0.2) is 5.82 Å². The molecule has 0 aliphatic rings. The van der Waals surface area contributed by atoms with Gasteiger partial charge in [0.25, 0.3) is 0 Å². The fourth-order valence-corrected chi connectivity index (χ4v) is 3.51. The molecule has 0 bridgehead atoms. The quantitative estimate of drug-likeness (QED) is 0.445. The van der Waals surface area contributed by atoms with Crippen LogP contribution in [0.3, 0.4) is 0 Å². The maximum atomic E-state index is 13.9. The van der Waals surface area contributed by atoms with Crippen LogP contribution in [0.15, 0.2) is 48.5 Å². The van der Waals surface area contributed by atoms with E-state index in [2.05, 4.69) is 9.97 Å². The predicted octanol–water partition coefficient (Wildman–Crippen LogP) is 5.30. The van der Waals surface area contributed by atoms with Crippen molar-refractivity contribution >= 4 is 43.9 Å². The van der Waals surface area contributed by atoms with Crippen molar-refractivity contribution in [1.82, 2.24) is 9.97 Å². The van der Waals surface area contributed by atoms with E-state index in [1.54, 1.807) is 23.5 Å². The highest BCUT2D eigenvalue weighted by Gasteiger charge is 2.13. The molecule has 0 saturated carbocycles. The van der Waals surface area contributed by atoms with Gasteiger partial charge in [0, 0.05) is 10.1 Å². The van der Waals surface area contributed by atoms with Gasteiger partial charge in [-0.1, -0.05) is 35.9 Å². The van der Waals surface area contributed by atoms with Crippen molar-refractivity contribution in [2.24, 2.45) is 0 Å². The number of para-hydroxylation sites is 1. The van der Waals surface area contributed by atoms with Crippen LogP contribution in [0.4, 0.5) is 4.39 Å². The molecule has 4 aromatic rings. The number of hydrogen-bond acceptors (Lipinski definition) is 3. The maximum absolute atomic E-state index is 13.9. The lowest BCUT2D eigenvalue weighted by atomic mass is 10.2. The van der Waals surface area contributed by atoms with E-state index < -0.39 is 0 Å². The second-order valence-corrected chi connectivity index (χ2v) is 6.06. The van der Waals surface area contributed by atoms with E-state index in [4.69, 9.17) is 11.6 Å². The second-order valence-electron chi connectivity index (χ2n) is 4.62. The second kappa shape index (κ2) is 4.76. The monoisotopic (exact) mass is 314 g/mol. The third kappa shape index (κ3) is 2.07. The Bertz CT molecular complexity index is 948. The number of fused-ring (bicyclic) bond motifs is 2. The van der Waals surface area contributed by atoms with Crippen LogP contribution >= 0.6 is 22.9 Å². The normalized spacial score (nSPS) is 11.3. The first-order valence-electron chi connectivity index (χ1n) is 6.33. The first-order chi connectivity index (χ1) is 10.2. The van der Waals surface area contributed by atoms with Crippen LogP contribution in [0.5, 0.6) is 0 Å². The summed E-state index contributed by atoms with van der Waals surface area (Å²) in [6.07, 6.45) is 0. The first-order valence-corrected chi connectivity index (χ1v) is 7.52. The molecular weight excluding hydrogens is 307 g/mol. The molecule has 102 valence electrons. The Morgan fingerprint density at radius 3 is 2.71 bits per heavy atom. The molecule has 0 spiro atoms. The van der Waals surface area contributed by atoms with Gasteiger partial charge < -0.3 is 0 Å². The molecule has 0 saturated heterocycles. The van der Waals surface area contributed by atoms with Crippen LogP contribution in [0.1, 0.15) is 0 Å². The Balaban J connectivity index is 1.99. The molecule has 0 atom stereocenters. The Morgan fingerprint density at radius 2 is 1.86 bits per heavy atom. The van der Waals surface area contributed by atoms with Crippen LogP contribution in [-0.4, -0.2) is 9.97 Å². The molecule has 2 aromatic carbocycles. The Morgan fingerprint density at radius 1 is 1.00 bits per heavy atom. The zero-order chi connectivity index (χ0) is 14.4. The highest BCUT2D eigenvalue weighted by Crippen LogP contribution is 2.33. The Hall–Kier alpha value is -2.04. The summed E-state index contributed by atoms with van der Waals surface area (Å²) >= 11 is 7.74. The Kier molecular flexibility index (Phi) is 2.87. The highest BCUT2D eigenvalue weighted by atomic mass is 35.5. The van der Waals surface area contributed by atoms with Gasteiger partial charge in [-0.3, -0.25) is 0 Å². The number of hydrogen-bond donors (Lipinski definition) is 0. The zero-order valence-corrected chi connectivity index (χ0v) is 12.2. The van der Waals surface area contributed by atoms with E-state index in [9.17, 15) is 4.39 Å². The largest absolute Gasteiger partial charge is 0.224 e. The molecule has 0 aliphatic carbocycles. The smallest absolute Gasteiger partial charge is 0.171 e. The highest BCUT2D eigenvalue weighted by molar-refractivity contribution is 7.22. The predicted molar refractivity (Wildman–Crippen MR) is 85.3 cm³/mol. The summed E-state index contributed by atoms with van der Waals surface area (Å²) in [5.74, 6) is 0.0676. The molecule has 5 heteroatoms. The minimum Gasteiger partial charge on any atom is -0.224 e. The third-order valence-electron chi connectivity index (χ3n) is 3.28. The van der Waals surface area contributed by atoms with E-state index >= 15 is 0 Å². The molecule has 4 rings (SSSR count). The lowest BCUT2D eigenvalue weighted by Crippen LogP contribution is -1.92. The van der Waals surface area contributed by atoms with Crippen molar-refractivity contribution < 1.29 is 4.39 Å². The number of nitrogens with zero attached hydrogens (tertiary/aromatic N) is 2. The van der Waals surface area contributed by atoms with Gasteiger partial charge in [0.2, 0.25) is 0 Å². The zero-order valence-electron chi connectivity index (χ0n) is 10.7. The average Bonchev–Trinajstić information content (AvgIpc) is 2.92. The summed E-state index contributed by atoms with van der Waals surface area (Å²) in [5.41, 5.74) is 0.255. The molecule has 0 radical (unpaired) electrons. The molecule has 0 N–H and O–H groups in total. The maximum Gasteiger partial charge on any atom is 0.171 e. The molecule has 0 fully saturated rings. The summed E-state index contributed by atoms with van der Waals surface area (Å²) in [7, 11) is 0. The third-order valence-corrected chi connectivity index (χ3v) is 4.68. The van der Waals surface area contributed by atoms with Crippen LogP contribution in [-0.2, 0) is 0 Å². The fraction of sp³-hybridized carbons (Fsp3) is 0. The Labute approximate surface area is 128 Å². The molecule has 0 aliphatic heterocycles. The van der Waals surface area contributed by atoms with Crippen molar-refractivity contribution in [3.63, 3.8) is 0 Å². The molecule has 2 nitrogen and oxygen atoms in total. The molecule has 21 heavy (non-hydrogen) atoms. The van der Waals surface area contributed by atoms with Crippen LogP contribution in [0, 0.1) is 5.82 Å². The van der Waals surface area contributed by atoms with Crippen LogP contribution in [0.2, 0.25) is 5.15 Å². The van der Waals surface area contributed by atoms with Gasteiger partial charge in [0.05, 0.1) is 4.88 Å². The van der Waals surface area contributed by atoms with Gasteiger partial charge in [0.1, 0.15) is 16.5 Å². The number of benzene rings is 2. The number of aromatic nitrogens is 2. The van der Waals surface area contributed by atoms with Crippen molar-refractivity contribution in [3.8, 4) is 10.7 Å². The van der Waals surface area contributed by atoms with E-state index in [0.29, 0.717) is 11.2 Å². The average molecular weight is 315 g/mol. The van der Waals surface area contributed by atoms with Gasteiger partial charge >= 0.3 is 0 Å². The lowest BCUT2D eigenvalue weighted by molar-refractivity contribution is 0.636. The van der Waals surface area contributed by atoms with Crippen molar-refractivity contribution in [2.75, 3.05) is 0 Å². The van der Waals surface area contributed by atoms with Gasteiger partial charge in [-0.05, 0) is 29.7 Å². The van der Waals surface area contributed by atoms with Crippen LogP contribution < -0.4 is 0 Å². The summed E-state index contributed by atoms with van der Waals surface area (Å²) in [6.45, 7) is 0. The number of thiophene rings is 1. The lowest BCUT2D eigenvalue weighted by Gasteiger charge is -2.03. The van der Waals surface area contributed by atoms with Crippen molar-refractivity contribution in [2.45, 2.75) is 0 Å². The minimum atomic E-state index is -0.390. The van der Waals surface area contributed by atoms with Gasteiger partial charge in [-0.25, -0.2) is 14.4 Å². The van der Waals surface area contributed by atoms with E-state index in [0.717, 1.165) is 15.0 Å². The summed E-state index contributed by atoms with van der Waals surface area (Å²) in [5, 5.41) is 1.92. The summed E-state index contributed by atoms with van der Waals surface area (Å²) in [4.78, 5) is 9.52. The van der Waals surface area contributed by atoms with Gasteiger partial charge in [-0.15, -0.1) is 11.3 Å². The minimum absolute atomic E-state index is 0.255. The summed E-state index contributed by atoms with van der Waals surface area (Å²) < 4.78 is 15.1. The number of halogens is 2. The fourth-order valence-electron chi connectivity index (χ4n) is 2.28. The standard InChI is InChI=1S/C16H8ClFN2S/c17-15-10-5-3-6-11(18)14(10)19-16(20-15)13-8-9-4-1-2-7-12(9)21-13/h1-8H. The van der Waals surface area contributed by atoms with Gasteiger partial charge in [-0.2, -0.15) is 0 Å². The molecule has 0 unspecified atom stereocenters. The van der Waals surface area contributed by atoms with E-state index in [1.165, 1.54) is 6.07 Å². The van der Waals surface area contributed by atoms with Crippen molar-refractivity contribution in [1.29, 1.82) is 0 Å². The SMILES string of the molecule is Fc1cccc2c(Cl)nc(-c3cc4ccccc4s3)nc12. The van der Waals surface area contributed by atoms with E-state index in [-0.39, 0.29) is 16.5 Å². The first kappa shape index (κ1) is 12.7. The van der Waals surface area contributed by atoms with E-state index in [1.807, 2.05) is 30.3 Å². The molecule has 2 heterocycles. The molecular formula is C16H8ClFN2S. The summed E-state index contributed by atoms with van der Waals surface area (Å²) in [6, 6.07) is 14.7.